The van der Waals surface area contributed by atoms with Gasteiger partial charge in [0.25, 0.3) is 0 Å². The number of aryl methyl sites for hydroxylation is 4. The molecule has 4 aromatic rings. The second kappa shape index (κ2) is 9.89. The average molecular weight is 379 g/mol. The van der Waals surface area contributed by atoms with E-state index in [0.29, 0.717) is 0 Å². The summed E-state index contributed by atoms with van der Waals surface area (Å²) >= 11 is 0. The summed E-state index contributed by atoms with van der Waals surface area (Å²) in [5, 5.41) is 0. The van der Waals surface area contributed by atoms with E-state index in [0.717, 1.165) is 6.42 Å². The first-order valence-corrected chi connectivity index (χ1v) is 10.4. The summed E-state index contributed by atoms with van der Waals surface area (Å²) in [6.45, 7) is 8.65. The highest BCUT2D eigenvalue weighted by atomic mass is 14.1. The molecule has 0 spiro atoms. The van der Waals surface area contributed by atoms with Crippen molar-refractivity contribution < 1.29 is 0 Å². The fraction of sp³-hybridized carbons (Fsp3) is 0.172. The van der Waals surface area contributed by atoms with Gasteiger partial charge >= 0.3 is 0 Å². The van der Waals surface area contributed by atoms with E-state index in [1.54, 1.807) is 0 Å². The fourth-order valence-corrected chi connectivity index (χ4v) is 3.50. The van der Waals surface area contributed by atoms with Crippen LogP contribution in [0.4, 0.5) is 0 Å². The van der Waals surface area contributed by atoms with Crippen LogP contribution in [0.25, 0.3) is 22.3 Å². The molecule has 0 bridgehead atoms. The molecule has 0 fully saturated rings. The first-order valence-electron chi connectivity index (χ1n) is 10.4. The molecule has 0 heteroatoms. The van der Waals surface area contributed by atoms with Gasteiger partial charge in [0.15, 0.2) is 0 Å². The van der Waals surface area contributed by atoms with Crippen molar-refractivity contribution in [2.24, 2.45) is 0 Å². The zero-order valence-corrected chi connectivity index (χ0v) is 17.9. The molecule has 29 heavy (non-hydrogen) atoms. The largest absolute Gasteiger partial charge is 0.0622 e. The van der Waals surface area contributed by atoms with Crippen molar-refractivity contribution in [2.45, 2.75) is 34.1 Å². The monoisotopic (exact) mass is 378 g/mol. The van der Waals surface area contributed by atoms with Crippen LogP contribution in [0.2, 0.25) is 0 Å². The quantitative estimate of drug-likeness (QED) is 0.337. The summed E-state index contributed by atoms with van der Waals surface area (Å²) in [5.74, 6) is 0. The maximum Gasteiger partial charge on any atom is -0.0147 e. The van der Waals surface area contributed by atoms with Crippen molar-refractivity contribution in [2.75, 3.05) is 0 Å². The Morgan fingerprint density at radius 1 is 0.517 bits per heavy atom. The van der Waals surface area contributed by atoms with E-state index >= 15 is 0 Å². The molecule has 0 aliphatic rings. The number of benzene rings is 4. The number of rotatable bonds is 3. The van der Waals surface area contributed by atoms with Crippen LogP contribution in [0, 0.1) is 20.8 Å². The molecule has 0 N–H and O–H groups in total. The molecule has 0 aromatic heterocycles. The Hall–Kier alpha value is -3.12. The Morgan fingerprint density at radius 2 is 1.10 bits per heavy atom. The maximum atomic E-state index is 2.29. The van der Waals surface area contributed by atoms with Gasteiger partial charge in [0.05, 0.1) is 0 Å². The molecule has 4 aromatic carbocycles. The second-order valence-corrected chi connectivity index (χ2v) is 7.56. The number of hydrogen-bond acceptors (Lipinski definition) is 0. The minimum atomic E-state index is 1.09. The van der Waals surface area contributed by atoms with Crippen LogP contribution in [0.5, 0.6) is 0 Å². The van der Waals surface area contributed by atoms with Crippen molar-refractivity contribution in [3.05, 3.63) is 119 Å². The predicted molar refractivity (Wildman–Crippen MR) is 127 cm³/mol. The Balaban J connectivity index is 0.000000169. The van der Waals surface area contributed by atoms with Crippen LogP contribution in [-0.2, 0) is 6.42 Å². The highest BCUT2D eigenvalue weighted by molar-refractivity contribution is 5.71. The van der Waals surface area contributed by atoms with Crippen molar-refractivity contribution in [1.29, 1.82) is 0 Å². The molecule has 0 atom stereocenters. The van der Waals surface area contributed by atoms with Crippen molar-refractivity contribution in [3.8, 4) is 22.3 Å². The van der Waals surface area contributed by atoms with Gasteiger partial charge in [-0.1, -0.05) is 115 Å². The summed E-state index contributed by atoms with van der Waals surface area (Å²) < 4.78 is 0. The molecule has 0 saturated carbocycles. The minimum Gasteiger partial charge on any atom is -0.0622 e. The van der Waals surface area contributed by atoms with Crippen LogP contribution in [-0.4, -0.2) is 0 Å². The third-order valence-electron chi connectivity index (χ3n) is 5.24. The highest BCUT2D eigenvalue weighted by Gasteiger charge is 2.06. The zero-order valence-electron chi connectivity index (χ0n) is 17.9. The van der Waals surface area contributed by atoms with Gasteiger partial charge in [-0.15, -0.1) is 0 Å². The van der Waals surface area contributed by atoms with E-state index < -0.39 is 0 Å². The third-order valence-corrected chi connectivity index (χ3v) is 5.24. The predicted octanol–water partition coefficient (Wildman–Crippen LogP) is 8.19. The molecule has 4 rings (SSSR count). The molecule has 0 radical (unpaired) electrons. The summed E-state index contributed by atoms with van der Waals surface area (Å²) in [7, 11) is 0. The molecule has 0 heterocycles. The Labute approximate surface area is 175 Å². The molecule has 0 aliphatic heterocycles. The highest BCUT2D eigenvalue weighted by Crippen LogP contribution is 2.28. The lowest BCUT2D eigenvalue weighted by Crippen LogP contribution is -1.90. The molecule has 0 nitrogen and oxygen atoms in total. The Bertz CT molecular complexity index is 1040. The van der Waals surface area contributed by atoms with Crippen LogP contribution >= 0.6 is 0 Å². The average Bonchev–Trinajstić information content (AvgIpc) is 2.76. The minimum absolute atomic E-state index is 1.09. The summed E-state index contributed by atoms with van der Waals surface area (Å²) in [6, 6.07) is 34.4. The smallest absolute Gasteiger partial charge is 0.0147 e. The lowest BCUT2D eigenvalue weighted by molar-refractivity contribution is 1.14. The third kappa shape index (κ3) is 5.45. The van der Waals surface area contributed by atoms with Crippen LogP contribution in [0.15, 0.2) is 97.1 Å². The van der Waals surface area contributed by atoms with Gasteiger partial charge in [0.2, 0.25) is 0 Å². The van der Waals surface area contributed by atoms with Gasteiger partial charge in [-0.25, -0.2) is 0 Å². The lowest BCUT2D eigenvalue weighted by Gasteiger charge is -2.11. The Morgan fingerprint density at radius 3 is 1.76 bits per heavy atom. The van der Waals surface area contributed by atoms with Gasteiger partial charge in [-0.05, 0) is 60.6 Å². The van der Waals surface area contributed by atoms with Gasteiger partial charge < -0.3 is 0 Å². The second-order valence-electron chi connectivity index (χ2n) is 7.56. The van der Waals surface area contributed by atoms with E-state index in [-0.39, 0.29) is 0 Å². The fourth-order valence-electron chi connectivity index (χ4n) is 3.50. The van der Waals surface area contributed by atoms with Crippen molar-refractivity contribution in [1.82, 2.24) is 0 Å². The van der Waals surface area contributed by atoms with E-state index in [1.165, 1.54) is 44.5 Å². The maximum absolute atomic E-state index is 2.29. The SMILES string of the molecule is CCc1ccc(C)cc1-c1ccccc1C.Cc1ccc(-c2ccccc2)cc1. The number of hydrogen-bond donors (Lipinski definition) is 0. The molecule has 0 unspecified atom stereocenters. The molecule has 0 amide bonds. The van der Waals surface area contributed by atoms with Gasteiger partial charge in [-0.3, -0.25) is 0 Å². The Kier molecular flexibility index (Phi) is 7.03. The van der Waals surface area contributed by atoms with E-state index in [2.05, 4.69) is 119 Å². The van der Waals surface area contributed by atoms with Crippen LogP contribution in [0.3, 0.4) is 0 Å². The van der Waals surface area contributed by atoms with Gasteiger partial charge in [-0.2, -0.15) is 0 Å². The van der Waals surface area contributed by atoms with E-state index in [4.69, 9.17) is 0 Å². The first kappa shape index (κ1) is 20.6. The van der Waals surface area contributed by atoms with Gasteiger partial charge in [0, 0.05) is 0 Å². The molecule has 0 aliphatic carbocycles. The van der Waals surface area contributed by atoms with Crippen LogP contribution < -0.4 is 0 Å². The van der Waals surface area contributed by atoms with Gasteiger partial charge in [0.1, 0.15) is 0 Å². The summed E-state index contributed by atoms with van der Waals surface area (Å²) in [5.41, 5.74) is 10.7. The normalized spacial score (nSPS) is 10.2. The molecule has 0 saturated heterocycles. The zero-order chi connectivity index (χ0) is 20.6. The first-order chi connectivity index (χ1) is 14.1. The van der Waals surface area contributed by atoms with E-state index in [9.17, 15) is 0 Å². The van der Waals surface area contributed by atoms with Crippen molar-refractivity contribution >= 4 is 0 Å². The van der Waals surface area contributed by atoms with Crippen LogP contribution in [0.1, 0.15) is 29.2 Å². The molecular formula is C29H30. The summed E-state index contributed by atoms with van der Waals surface area (Å²) in [6.07, 6.45) is 1.09. The lowest BCUT2D eigenvalue weighted by atomic mass is 9.93. The standard InChI is InChI=1S/C16H18.C13H12/c1-4-14-10-9-12(2)11-16(14)15-8-6-5-7-13(15)3;1-11-7-9-13(10-8-11)12-5-3-2-4-6-12/h5-11H,4H2,1-3H3;2-10H,1H3. The molecule has 146 valence electrons. The van der Waals surface area contributed by atoms with E-state index in [1.807, 2.05) is 6.07 Å². The van der Waals surface area contributed by atoms with Crippen molar-refractivity contribution in [3.63, 3.8) is 0 Å². The molecular weight excluding hydrogens is 348 g/mol. The summed E-state index contributed by atoms with van der Waals surface area (Å²) in [4.78, 5) is 0. The topological polar surface area (TPSA) is 0 Å².